The van der Waals surface area contributed by atoms with E-state index < -0.39 is 8.07 Å². The Balaban J connectivity index is 1.50. The van der Waals surface area contributed by atoms with Crippen LogP contribution in [0.3, 0.4) is 0 Å². The summed E-state index contributed by atoms with van der Waals surface area (Å²) in [5.41, 5.74) is 1.36. The maximum Gasteiger partial charge on any atom is 0.0263 e. The fourth-order valence-corrected chi connectivity index (χ4v) is 6.17. The molecular formula is C25H29N2P. The van der Waals surface area contributed by atoms with Crippen molar-refractivity contribution in [1.82, 2.24) is 10.4 Å². The van der Waals surface area contributed by atoms with E-state index >= 15 is 0 Å². The van der Waals surface area contributed by atoms with E-state index in [0.717, 1.165) is 6.54 Å². The summed E-state index contributed by atoms with van der Waals surface area (Å²) in [7, 11) is -0.555. The van der Waals surface area contributed by atoms with Gasteiger partial charge in [0, 0.05) is 26.7 Å². The van der Waals surface area contributed by atoms with Gasteiger partial charge in [0.15, 0.2) is 0 Å². The third-order valence-electron chi connectivity index (χ3n) is 5.50. The van der Waals surface area contributed by atoms with Crippen LogP contribution in [0, 0.1) is 0 Å². The van der Waals surface area contributed by atoms with E-state index in [4.69, 9.17) is 0 Å². The molecule has 1 fully saturated rings. The maximum absolute atomic E-state index is 4.08. The Morgan fingerprint density at radius 3 is 1.71 bits per heavy atom. The third kappa shape index (κ3) is 5.08. The maximum atomic E-state index is 4.08. The van der Waals surface area contributed by atoms with E-state index in [9.17, 15) is 0 Å². The van der Waals surface area contributed by atoms with Crippen molar-refractivity contribution in [2.45, 2.75) is 44.3 Å². The highest BCUT2D eigenvalue weighted by molar-refractivity contribution is 7.71. The molecular weight excluding hydrogens is 359 g/mol. The second kappa shape index (κ2) is 9.98. The lowest BCUT2D eigenvalue weighted by Crippen LogP contribution is -2.49. The Morgan fingerprint density at radius 2 is 1.14 bits per heavy atom. The van der Waals surface area contributed by atoms with Crippen LogP contribution in [0.25, 0.3) is 0 Å². The van der Waals surface area contributed by atoms with Crippen LogP contribution in [0.1, 0.15) is 31.2 Å². The lowest BCUT2D eigenvalue weighted by molar-refractivity contribution is 0.313. The average Bonchev–Trinajstić information content (AvgIpc) is 2.78. The first-order valence-corrected chi connectivity index (χ1v) is 11.7. The monoisotopic (exact) mass is 388 g/mol. The van der Waals surface area contributed by atoms with Crippen LogP contribution in [0.15, 0.2) is 91.0 Å². The molecule has 0 saturated heterocycles. The minimum atomic E-state index is -0.555. The second-order valence-corrected chi connectivity index (χ2v) is 9.46. The van der Waals surface area contributed by atoms with Gasteiger partial charge in [0.2, 0.25) is 0 Å². The highest BCUT2D eigenvalue weighted by atomic mass is 31.1. The van der Waals surface area contributed by atoms with Gasteiger partial charge in [-0.15, -0.1) is 0 Å². The van der Waals surface area contributed by atoms with Gasteiger partial charge in [0.1, 0.15) is 0 Å². The molecule has 28 heavy (non-hydrogen) atoms. The van der Waals surface area contributed by atoms with Gasteiger partial charge in [-0.05, 0) is 29.0 Å². The van der Waals surface area contributed by atoms with Crippen LogP contribution in [0.4, 0.5) is 0 Å². The largest absolute Gasteiger partial charge is 0.308 e. The molecule has 1 aliphatic carbocycles. The summed E-state index contributed by atoms with van der Waals surface area (Å²) < 4.78 is 0. The van der Waals surface area contributed by atoms with Crippen molar-refractivity contribution in [3.8, 4) is 0 Å². The zero-order chi connectivity index (χ0) is 19.0. The molecule has 0 spiro atoms. The Hall–Kier alpha value is -1.99. The minimum Gasteiger partial charge on any atom is -0.308 e. The predicted molar refractivity (Wildman–Crippen MR) is 122 cm³/mol. The zero-order valence-corrected chi connectivity index (χ0v) is 17.2. The molecule has 0 heterocycles. The Kier molecular flexibility index (Phi) is 6.89. The van der Waals surface area contributed by atoms with Gasteiger partial charge in [0.05, 0.1) is 0 Å². The molecule has 2 atom stereocenters. The number of nitrogens with one attached hydrogen (secondary N) is 2. The Morgan fingerprint density at radius 1 is 0.643 bits per heavy atom. The van der Waals surface area contributed by atoms with Gasteiger partial charge >= 0.3 is 0 Å². The normalized spacial score (nSPS) is 19.6. The van der Waals surface area contributed by atoms with Crippen molar-refractivity contribution in [2.24, 2.45) is 0 Å². The smallest absolute Gasteiger partial charge is 0.0263 e. The van der Waals surface area contributed by atoms with Gasteiger partial charge < -0.3 is 5.32 Å². The van der Waals surface area contributed by atoms with Crippen molar-refractivity contribution in [3.63, 3.8) is 0 Å². The lowest BCUT2D eigenvalue weighted by Gasteiger charge is -2.36. The van der Waals surface area contributed by atoms with Gasteiger partial charge in [-0.3, -0.25) is 5.09 Å². The predicted octanol–water partition coefficient (Wildman–Crippen LogP) is 4.72. The minimum absolute atomic E-state index is 0.504. The van der Waals surface area contributed by atoms with Crippen LogP contribution < -0.4 is 21.0 Å². The molecule has 2 nitrogen and oxygen atoms in total. The average molecular weight is 388 g/mol. The number of hydrogen-bond donors (Lipinski definition) is 2. The third-order valence-corrected chi connectivity index (χ3v) is 7.72. The fraction of sp³-hybridized carbons (Fsp3) is 0.280. The Labute approximate surface area is 170 Å². The summed E-state index contributed by atoms with van der Waals surface area (Å²) in [4.78, 5) is 0. The molecule has 3 aromatic rings. The van der Waals surface area contributed by atoms with Crippen molar-refractivity contribution >= 4 is 18.7 Å². The molecule has 0 bridgehead atoms. The van der Waals surface area contributed by atoms with Gasteiger partial charge in [0.25, 0.3) is 0 Å². The van der Waals surface area contributed by atoms with Crippen molar-refractivity contribution in [1.29, 1.82) is 0 Å². The molecule has 0 aliphatic heterocycles. The van der Waals surface area contributed by atoms with Crippen molar-refractivity contribution < 1.29 is 0 Å². The molecule has 0 amide bonds. The van der Waals surface area contributed by atoms with Gasteiger partial charge in [-0.1, -0.05) is 104 Å². The van der Waals surface area contributed by atoms with Crippen LogP contribution in [-0.2, 0) is 6.54 Å². The van der Waals surface area contributed by atoms with Gasteiger partial charge in [-0.25, -0.2) is 0 Å². The van der Waals surface area contributed by atoms with E-state index in [1.807, 2.05) is 0 Å². The van der Waals surface area contributed by atoms with Crippen molar-refractivity contribution in [3.05, 3.63) is 96.6 Å². The standard InChI is InChI=1S/C25H29N2P/c1-4-12-21(13-5-1)20-26-24-18-10-11-19-25(24)27-28(22-14-6-2-7-15-22)23-16-8-3-9-17-23/h1-9,12-17,24-27H,10-11,18-20H2/t24-,25-/m1/s1. The fourth-order valence-electron chi connectivity index (χ4n) is 3.99. The number of hydrogen-bond acceptors (Lipinski definition) is 2. The molecule has 144 valence electrons. The second-order valence-electron chi connectivity index (χ2n) is 7.50. The van der Waals surface area contributed by atoms with Crippen LogP contribution in [0.5, 0.6) is 0 Å². The topological polar surface area (TPSA) is 24.1 Å². The van der Waals surface area contributed by atoms with Gasteiger partial charge in [-0.2, -0.15) is 0 Å². The first-order valence-electron chi connectivity index (χ1n) is 10.3. The van der Waals surface area contributed by atoms with Crippen molar-refractivity contribution in [2.75, 3.05) is 0 Å². The summed E-state index contributed by atoms with van der Waals surface area (Å²) in [6.07, 6.45) is 5.12. The lowest BCUT2D eigenvalue weighted by atomic mass is 9.91. The molecule has 3 aromatic carbocycles. The first kappa shape index (κ1) is 19.3. The van der Waals surface area contributed by atoms with E-state index in [2.05, 4.69) is 101 Å². The molecule has 4 rings (SSSR count). The number of rotatable bonds is 7. The summed E-state index contributed by atoms with van der Waals surface area (Å²) in [6, 6.07) is 33.7. The summed E-state index contributed by atoms with van der Waals surface area (Å²) in [6.45, 7) is 0.943. The first-order chi connectivity index (χ1) is 13.9. The summed E-state index contributed by atoms with van der Waals surface area (Å²) in [5, 5.41) is 10.7. The highest BCUT2D eigenvalue weighted by Gasteiger charge is 2.28. The number of benzene rings is 3. The molecule has 0 unspecified atom stereocenters. The SMILES string of the molecule is c1ccc(CN[C@@H]2CCCC[C@H]2NP(c2ccccc2)c2ccccc2)cc1. The summed E-state index contributed by atoms with van der Waals surface area (Å²) >= 11 is 0. The zero-order valence-electron chi connectivity index (χ0n) is 16.3. The van der Waals surface area contributed by atoms with Crippen LogP contribution in [-0.4, -0.2) is 12.1 Å². The molecule has 1 aliphatic rings. The van der Waals surface area contributed by atoms with Crippen LogP contribution >= 0.6 is 8.07 Å². The molecule has 0 aromatic heterocycles. The molecule has 0 radical (unpaired) electrons. The summed E-state index contributed by atoms with van der Waals surface area (Å²) in [5.74, 6) is 0. The van der Waals surface area contributed by atoms with E-state index in [1.165, 1.54) is 41.9 Å². The molecule has 3 heteroatoms. The quantitative estimate of drug-likeness (QED) is 0.572. The molecule has 1 saturated carbocycles. The Bertz CT molecular complexity index is 783. The van der Waals surface area contributed by atoms with E-state index in [-0.39, 0.29) is 0 Å². The van der Waals surface area contributed by atoms with E-state index in [0.29, 0.717) is 12.1 Å². The molecule has 2 N–H and O–H groups in total. The van der Waals surface area contributed by atoms with E-state index in [1.54, 1.807) is 0 Å². The highest BCUT2D eigenvalue weighted by Crippen LogP contribution is 2.32. The van der Waals surface area contributed by atoms with Crippen LogP contribution in [0.2, 0.25) is 0 Å².